The number of carbonyl (C=O) groups is 1. The molecule has 0 spiro atoms. The molecule has 2 aromatic carbocycles. The standard InChI is InChI=1S/C21H27NO/c1-15(13-19-8-6-5-7-17(19)3)9-12-21(23)22-20-11-10-16(2)18(4)14-20/h5-8,10-11,14-15H,9,12-13H2,1-4H3,(H,22,23). The van der Waals surface area contributed by atoms with Gasteiger partial charge in [-0.15, -0.1) is 0 Å². The molecule has 0 saturated carbocycles. The van der Waals surface area contributed by atoms with Crippen LogP contribution in [0.2, 0.25) is 0 Å². The van der Waals surface area contributed by atoms with E-state index in [1.165, 1.54) is 22.3 Å². The summed E-state index contributed by atoms with van der Waals surface area (Å²) < 4.78 is 0. The minimum absolute atomic E-state index is 0.102. The largest absolute Gasteiger partial charge is 0.326 e. The Hall–Kier alpha value is -2.09. The number of hydrogen-bond donors (Lipinski definition) is 1. The maximum Gasteiger partial charge on any atom is 0.224 e. The van der Waals surface area contributed by atoms with Crippen LogP contribution < -0.4 is 5.32 Å². The average Bonchev–Trinajstić information content (AvgIpc) is 2.51. The highest BCUT2D eigenvalue weighted by Crippen LogP contribution is 2.18. The second kappa shape index (κ2) is 7.96. The number of hydrogen-bond acceptors (Lipinski definition) is 1. The van der Waals surface area contributed by atoms with E-state index in [9.17, 15) is 4.79 Å². The Bertz CT molecular complexity index is 675. The van der Waals surface area contributed by atoms with Crippen LogP contribution >= 0.6 is 0 Å². The van der Waals surface area contributed by atoms with E-state index in [4.69, 9.17) is 0 Å². The summed E-state index contributed by atoms with van der Waals surface area (Å²) in [6.07, 6.45) is 2.51. The molecule has 1 amide bonds. The smallest absolute Gasteiger partial charge is 0.224 e. The minimum Gasteiger partial charge on any atom is -0.326 e. The second-order valence-electron chi connectivity index (χ2n) is 6.62. The number of aryl methyl sites for hydroxylation is 3. The molecule has 2 aromatic rings. The number of benzene rings is 2. The van der Waals surface area contributed by atoms with Gasteiger partial charge in [0.1, 0.15) is 0 Å². The monoisotopic (exact) mass is 309 g/mol. The summed E-state index contributed by atoms with van der Waals surface area (Å²) in [7, 11) is 0. The van der Waals surface area contributed by atoms with Crippen LogP contribution in [0.25, 0.3) is 0 Å². The molecule has 2 rings (SSSR count). The Balaban J connectivity index is 1.81. The summed E-state index contributed by atoms with van der Waals surface area (Å²) in [6.45, 7) is 8.51. The summed E-state index contributed by atoms with van der Waals surface area (Å²) in [5.74, 6) is 0.603. The molecule has 0 saturated heterocycles. The Kier molecular flexibility index (Phi) is 5.97. The van der Waals surface area contributed by atoms with Crippen molar-refractivity contribution in [3.63, 3.8) is 0 Å². The Labute approximate surface area is 139 Å². The van der Waals surface area contributed by atoms with E-state index in [-0.39, 0.29) is 5.91 Å². The van der Waals surface area contributed by atoms with Gasteiger partial charge in [-0.05, 0) is 73.9 Å². The van der Waals surface area contributed by atoms with Gasteiger partial charge in [-0.1, -0.05) is 37.3 Å². The SMILES string of the molecule is Cc1ccc(NC(=O)CCC(C)Cc2ccccc2C)cc1C. The summed E-state index contributed by atoms with van der Waals surface area (Å²) in [6, 6.07) is 14.5. The van der Waals surface area contributed by atoms with Crippen LogP contribution in [-0.2, 0) is 11.2 Å². The molecule has 0 radical (unpaired) electrons. The van der Waals surface area contributed by atoms with Gasteiger partial charge in [0.25, 0.3) is 0 Å². The van der Waals surface area contributed by atoms with E-state index in [0.717, 1.165) is 18.5 Å². The lowest BCUT2D eigenvalue weighted by Gasteiger charge is -2.13. The van der Waals surface area contributed by atoms with E-state index >= 15 is 0 Å². The third-order valence-corrected chi connectivity index (χ3v) is 4.48. The molecule has 2 nitrogen and oxygen atoms in total. The van der Waals surface area contributed by atoms with Gasteiger partial charge in [0, 0.05) is 12.1 Å². The van der Waals surface area contributed by atoms with Gasteiger partial charge >= 0.3 is 0 Å². The lowest BCUT2D eigenvalue weighted by Crippen LogP contribution is -2.13. The molecule has 0 fully saturated rings. The minimum atomic E-state index is 0.102. The molecule has 1 atom stereocenters. The van der Waals surface area contributed by atoms with Crippen LogP contribution in [0, 0.1) is 26.7 Å². The summed E-state index contributed by atoms with van der Waals surface area (Å²) in [5, 5.41) is 3.00. The van der Waals surface area contributed by atoms with Crippen LogP contribution in [-0.4, -0.2) is 5.91 Å². The van der Waals surface area contributed by atoms with Crippen molar-refractivity contribution >= 4 is 11.6 Å². The maximum atomic E-state index is 12.1. The van der Waals surface area contributed by atoms with Crippen LogP contribution in [0.5, 0.6) is 0 Å². The normalized spacial score (nSPS) is 12.0. The van der Waals surface area contributed by atoms with E-state index in [1.54, 1.807) is 0 Å². The zero-order chi connectivity index (χ0) is 16.8. The number of nitrogens with one attached hydrogen (secondary N) is 1. The molecule has 0 aliphatic rings. The van der Waals surface area contributed by atoms with Gasteiger partial charge in [0.15, 0.2) is 0 Å². The van der Waals surface area contributed by atoms with Gasteiger partial charge in [0.05, 0.1) is 0 Å². The van der Waals surface area contributed by atoms with Gasteiger partial charge < -0.3 is 5.32 Å². The Morgan fingerprint density at radius 3 is 2.43 bits per heavy atom. The third kappa shape index (κ3) is 5.24. The molecule has 0 heterocycles. The number of amides is 1. The molecule has 2 heteroatoms. The zero-order valence-electron chi connectivity index (χ0n) is 14.6. The van der Waals surface area contributed by atoms with E-state index in [2.05, 4.69) is 57.3 Å². The van der Waals surface area contributed by atoms with Crippen LogP contribution in [0.15, 0.2) is 42.5 Å². The molecule has 0 aromatic heterocycles. The summed E-state index contributed by atoms with van der Waals surface area (Å²) in [4.78, 5) is 12.1. The Morgan fingerprint density at radius 1 is 1.00 bits per heavy atom. The topological polar surface area (TPSA) is 29.1 Å². The number of carbonyl (C=O) groups excluding carboxylic acids is 1. The molecule has 1 N–H and O–H groups in total. The molecule has 122 valence electrons. The highest BCUT2D eigenvalue weighted by atomic mass is 16.1. The van der Waals surface area contributed by atoms with Crippen LogP contribution in [0.3, 0.4) is 0 Å². The van der Waals surface area contributed by atoms with Gasteiger partial charge in [0.2, 0.25) is 5.91 Å². The van der Waals surface area contributed by atoms with Crippen molar-refractivity contribution in [2.24, 2.45) is 5.92 Å². The highest BCUT2D eigenvalue weighted by Gasteiger charge is 2.09. The van der Waals surface area contributed by atoms with Crippen molar-refractivity contribution in [3.8, 4) is 0 Å². The molecule has 1 unspecified atom stereocenters. The van der Waals surface area contributed by atoms with E-state index in [1.807, 2.05) is 18.2 Å². The first kappa shape index (κ1) is 17.3. The summed E-state index contributed by atoms with van der Waals surface area (Å²) in [5.41, 5.74) is 6.06. The van der Waals surface area contributed by atoms with Crippen LogP contribution in [0.4, 0.5) is 5.69 Å². The fraction of sp³-hybridized carbons (Fsp3) is 0.381. The molecule has 23 heavy (non-hydrogen) atoms. The lowest BCUT2D eigenvalue weighted by atomic mass is 9.94. The van der Waals surface area contributed by atoms with Crippen molar-refractivity contribution in [1.82, 2.24) is 0 Å². The molecule has 0 aliphatic heterocycles. The Morgan fingerprint density at radius 2 is 1.74 bits per heavy atom. The van der Waals surface area contributed by atoms with Gasteiger partial charge in [-0.2, -0.15) is 0 Å². The number of anilines is 1. The molecule has 0 bridgehead atoms. The van der Waals surface area contributed by atoms with Crippen molar-refractivity contribution in [3.05, 3.63) is 64.7 Å². The zero-order valence-corrected chi connectivity index (χ0v) is 14.6. The first-order valence-corrected chi connectivity index (χ1v) is 8.37. The van der Waals surface area contributed by atoms with E-state index < -0.39 is 0 Å². The highest BCUT2D eigenvalue weighted by molar-refractivity contribution is 5.90. The quantitative estimate of drug-likeness (QED) is 0.779. The lowest BCUT2D eigenvalue weighted by molar-refractivity contribution is -0.116. The van der Waals surface area contributed by atoms with Crippen molar-refractivity contribution < 1.29 is 4.79 Å². The molecular weight excluding hydrogens is 282 g/mol. The van der Waals surface area contributed by atoms with Crippen LogP contribution in [0.1, 0.15) is 42.0 Å². The first-order chi connectivity index (χ1) is 11.0. The summed E-state index contributed by atoms with van der Waals surface area (Å²) >= 11 is 0. The number of rotatable bonds is 6. The van der Waals surface area contributed by atoms with Crippen molar-refractivity contribution in [2.75, 3.05) is 5.32 Å². The van der Waals surface area contributed by atoms with E-state index in [0.29, 0.717) is 12.3 Å². The predicted octanol–water partition coefficient (Wildman–Crippen LogP) is 5.21. The van der Waals surface area contributed by atoms with Gasteiger partial charge in [-0.25, -0.2) is 0 Å². The molecule has 0 aliphatic carbocycles. The first-order valence-electron chi connectivity index (χ1n) is 8.37. The van der Waals surface area contributed by atoms with Crippen molar-refractivity contribution in [1.29, 1.82) is 0 Å². The maximum absolute atomic E-state index is 12.1. The second-order valence-corrected chi connectivity index (χ2v) is 6.62. The average molecular weight is 309 g/mol. The fourth-order valence-corrected chi connectivity index (χ4v) is 2.74. The predicted molar refractivity (Wildman–Crippen MR) is 97.8 cm³/mol. The molecular formula is C21H27NO. The third-order valence-electron chi connectivity index (χ3n) is 4.48. The fourth-order valence-electron chi connectivity index (χ4n) is 2.74. The van der Waals surface area contributed by atoms with Crippen molar-refractivity contribution in [2.45, 2.75) is 47.0 Å². The van der Waals surface area contributed by atoms with Gasteiger partial charge in [-0.3, -0.25) is 4.79 Å².